The summed E-state index contributed by atoms with van der Waals surface area (Å²) in [4.78, 5) is 21.9. The number of halogens is 1. The summed E-state index contributed by atoms with van der Waals surface area (Å²) in [6.45, 7) is 2.64. The number of carbonyl (C=O) groups is 1. The van der Waals surface area contributed by atoms with Gasteiger partial charge in [0.2, 0.25) is 5.91 Å². The first kappa shape index (κ1) is 22.5. The molecule has 3 aromatic rings. The minimum absolute atomic E-state index is 0.223. The topological polar surface area (TPSA) is 36.4 Å². The zero-order chi connectivity index (χ0) is 22.6. The van der Waals surface area contributed by atoms with E-state index in [1.165, 1.54) is 11.1 Å². The Bertz CT molecular complexity index is 1060. The van der Waals surface area contributed by atoms with Crippen LogP contribution in [0.2, 0.25) is 5.02 Å². The molecule has 1 aromatic heterocycles. The standard InChI is InChI=1S/C27H30ClN3O/c1-30(2)26(32)27(12-15-31(16-13-27)20-21-7-5-10-24(28)17-21)18-22-8-3-4-11-25(22)23-9-6-14-29-19-23/h3-11,14,17,19H,12-13,15-16,18,20H2,1-2H3. The number of benzene rings is 2. The largest absolute Gasteiger partial charge is 0.348 e. The Morgan fingerprint density at radius 1 is 1.06 bits per heavy atom. The monoisotopic (exact) mass is 447 g/mol. The van der Waals surface area contributed by atoms with Gasteiger partial charge in [0.1, 0.15) is 0 Å². The van der Waals surface area contributed by atoms with Crippen molar-refractivity contribution in [3.05, 3.63) is 89.2 Å². The molecule has 0 bridgehead atoms. The van der Waals surface area contributed by atoms with Gasteiger partial charge in [-0.1, -0.05) is 54.1 Å². The maximum Gasteiger partial charge on any atom is 0.228 e. The van der Waals surface area contributed by atoms with Crippen molar-refractivity contribution in [3.8, 4) is 11.1 Å². The molecule has 2 aromatic carbocycles. The molecule has 1 amide bonds. The van der Waals surface area contributed by atoms with Crippen LogP contribution in [0.15, 0.2) is 73.1 Å². The highest BCUT2D eigenvalue weighted by Gasteiger charge is 2.42. The van der Waals surface area contributed by atoms with Gasteiger partial charge >= 0.3 is 0 Å². The average molecular weight is 448 g/mol. The number of hydrogen-bond acceptors (Lipinski definition) is 3. The Labute approximate surface area is 195 Å². The fourth-order valence-electron chi connectivity index (χ4n) is 4.82. The molecule has 1 aliphatic heterocycles. The smallest absolute Gasteiger partial charge is 0.228 e. The highest BCUT2D eigenvalue weighted by molar-refractivity contribution is 6.30. The molecule has 0 unspecified atom stereocenters. The molecule has 32 heavy (non-hydrogen) atoms. The Morgan fingerprint density at radius 3 is 2.53 bits per heavy atom. The molecule has 1 aliphatic rings. The number of piperidine rings is 1. The normalized spacial score (nSPS) is 16.0. The van der Waals surface area contributed by atoms with E-state index in [1.54, 1.807) is 11.1 Å². The number of likely N-dealkylation sites (tertiary alicyclic amines) is 1. The van der Waals surface area contributed by atoms with Crippen molar-refractivity contribution in [1.29, 1.82) is 0 Å². The van der Waals surface area contributed by atoms with Gasteiger partial charge in [0.15, 0.2) is 0 Å². The van der Waals surface area contributed by atoms with Crippen LogP contribution in [0.4, 0.5) is 0 Å². The summed E-state index contributed by atoms with van der Waals surface area (Å²) >= 11 is 6.17. The summed E-state index contributed by atoms with van der Waals surface area (Å²) in [5, 5.41) is 0.767. The second-order valence-corrected chi connectivity index (χ2v) is 9.40. The average Bonchev–Trinajstić information content (AvgIpc) is 2.81. The van der Waals surface area contributed by atoms with E-state index in [0.717, 1.165) is 55.0 Å². The van der Waals surface area contributed by atoms with E-state index in [2.05, 4.69) is 46.3 Å². The third-order valence-corrected chi connectivity index (χ3v) is 6.72. The summed E-state index contributed by atoms with van der Waals surface area (Å²) in [5.41, 5.74) is 4.28. The molecular weight excluding hydrogens is 418 g/mol. The van der Waals surface area contributed by atoms with Crippen molar-refractivity contribution in [2.24, 2.45) is 5.41 Å². The lowest BCUT2D eigenvalue weighted by Gasteiger charge is -2.42. The molecular formula is C27H30ClN3O. The van der Waals surface area contributed by atoms with E-state index in [4.69, 9.17) is 11.6 Å². The molecule has 2 heterocycles. The van der Waals surface area contributed by atoms with Crippen LogP contribution in [-0.4, -0.2) is 47.9 Å². The van der Waals surface area contributed by atoms with Gasteiger partial charge in [-0.25, -0.2) is 0 Å². The van der Waals surface area contributed by atoms with Crippen LogP contribution < -0.4 is 0 Å². The van der Waals surface area contributed by atoms with Crippen molar-refractivity contribution in [2.45, 2.75) is 25.8 Å². The zero-order valence-electron chi connectivity index (χ0n) is 18.8. The van der Waals surface area contributed by atoms with Crippen molar-refractivity contribution in [3.63, 3.8) is 0 Å². The molecule has 1 fully saturated rings. The van der Waals surface area contributed by atoms with Gasteiger partial charge in [0.25, 0.3) is 0 Å². The van der Waals surface area contributed by atoms with Crippen molar-refractivity contribution < 1.29 is 4.79 Å². The van der Waals surface area contributed by atoms with Crippen LogP contribution in [0.25, 0.3) is 11.1 Å². The molecule has 0 aliphatic carbocycles. The van der Waals surface area contributed by atoms with Crippen LogP contribution in [0.5, 0.6) is 0 Å². The van der Waals surface area contributed by atoms with E-state index >= 15 is 0 Å². The number of carbonyl (C=O) groups excluding carboxylic acids is 1. The van der Waals surface area contributed by atoms with Gasteiger partial charge in [-0.2, -0.15) is 0 Å². The van der Waals surface area contributed by atoms with Gasteiger partial charge in [0, 0.05) is 43.6 Å². The molecule has 4 nitrogen and oxygen atoms in total. The minimum atomic E-state index is -0.396. The maximum absolute atomic E-state index is 13.5. The molecule has 0 saturated carbocycles. The fraction of sp³-hybridized carbons (Fsp3) is 0.333. The number of pyridine rings is 1. The maximum atomic E-state index is 13.5. The van der Waals surface area contributed by atoms with Crippen LogP contribution in [0.3, 0.4) is 0 Å². The lowest BCUT2D eigenvalue weighted by atomic mass is 9.71. The summed E-state index contributed by atoms with van der Waals surface area (Å²) in [7, 11) is 3.74. The van der Waals surface area contributed by atoms with Gasteiger partial charge in [-0.3, -0.25) is 14.7 Å². The van der Waals surface area contributed by atoms with Crippen LogP contribution in [0.1, 0.15) is 24.0 Å². The van der Waals surface area contributed by atoms with Gasteiger partial charge in [-0.15, -0.1) is 0 Å². The Balaban J connectivity index is 1.56. The fourth-order valence-corrected chi connectivity index (χ4v) is 5.03. The molecule has 166 valence electrons. The first-order chi connectivity index (χ1) is 15.5. The summed E-state index contributed by atoms with van der Waals surface area (Å²) in [5.74, 6) is 0.223. The predicted octanol–water partition coefficient (Wildman–Crippen LogP) is 5.32. The second-order valence-electron chi connectivity index (χ2n) is 8.96. The third-order valence-electron chi connectivity index (χ3n) is 6.49. The van der Waals surface area contributed by atoms with E-state index in [-0.39, 0.29) is 5.91 Å². The van der Waals surface area contributed by atoms with Gasteiger partial charge in [0.05, 0.1) is 5.41 Å². The van der Waals surface area contributed by atoms with Crippen molar-refractivity contribution in [1.82, 2.24) is 14.8 Å². The van der Waals surface area contributed by atoms with Crippen LogP contribution in [0, 0.1) is 5.41 Å². The molecule has 0 radical (unpaired) electrons. The first-order valence-corrected chi connectivity index (χ1v) is 11.5. The molecule has 0 spiro atoms. The summed E-state index contributed by atoms with van der Waals surface area (Å²) < 4.78 is 0. The van der Waals surface area contributed by atoms with Gasteiger partial charge < -0.3 is 4.90 Å². The third kappa shape index (κ3) is 5.03. The van der Waals surface area contributed by atoms with Crippen LogP contribution >= 0.6 is 11.6 Å². The second kappa shape index (κ2) is 9.85. The highest BCUT2D eigenvalue weighted by atomic mass is 35.5. The number of hydrogen-bond donors (Lipinski definition) is 0. The number of rotatable bonds is 6. The predicted molar refractivity (Wildman–Crippen MR) is 130 cm³/mol. The minimum Gasteiger partial charge on any atom is -0.348 e. The lowest BCUT2D eigenvalue weighted by molar-refractivity contribution is -0.142. The van der Waals surface area contributed by atoms with Crippen molar-refractivity contribution >= 4 is 17.5 Å². The number of aromatic nitrogens is 1. The Morgan fingerprint density at radius 2 is 1.84 bits per heavy atom. The quantitative estimate of drug-likeness (QED) is 0.513. The van der Waals surface area contributed by atoms with Crippen LogP contribution in [-0.2, 0) is 17.8 Å². The molecule has 0 atom stereocenters. The van der Waals surface area contributed by atoms with E-state index in [1.807, 2.05) is 44.6 Å². The van der Waals surface area contributed by atoms with E-state index < -0.39 is 5.41 Å². The molecule has 5 heteroatoms. The molecule has 4 rings (SSSR count). The Kier molecular flexibility index (Phi) is 6.92. The first-order valence-electron chi connectivity index (χ1n) is 11.1. The lowest BCUT2D eigenvalue weighted by Crippen LogP contribution is -2.49. The van der Waals surface area contributed by atoms with Gasteiger partial charge in [-0.05, 0) is 67.2 Å². The van der Waals surface area contributed by atoms with E-state index in [0.29, 0.717) is 0 Å². The van der Waals surface area contributed by atoms with Crippen molar-refractivity contribution in [2.75, 3.05) is 27.2 Å². The summed E-state index contributed by atoms with van der Waals surface area (Å²) in [6, 6.07) is 20.5. The van der Waals surface area contributed by atoms with E-state index in [9.17, 15) is 4.79 Å². The molecule has 1 saturated heterocycles. The zero-order valence-corrected chi connectivity index (χ0v) is 19.6. The SMILES string of the molecule is CN(C)C(=O)C1(Cc2ccccc2-c2cccnc2)CCN(Cc2cccc(Cl)c2)CC1. The number of amides is 1. The Hall–Kier alpha value is -2.69. The summed E-state index contributed by atoms with van der Waals surface area (Å²) in [6.07, 6.45) is 6.10. The highest BCUT2D eigenvalue weighted by Crippen LogP contribution is 2.39. The number of nitrogens with zero attached hydrogens (tertiary/aromatic N) is 3. The molecule has 0 N–H and O–H groups in total.